The molecule has 3 nitrogen and oxygen atoms in total. The largest absolute Gasteiger partial charge is 0.493 e. The molecule has 0 saturated heterocycles. The molecular weight excluding hydrogens is 256 g/mol. The van der Waals surface area contributed by atoms with Crippen LogP contribution in [0.1, 0.15) is 21.7 Å². The van der Waals surface area contributed by atoms with Crippen LogP contribution in [0.3, 0.4) is 0 Å². The van der Waals surface area contributed by atoms with E-state index in [1.807, 2.05) is 5.51 Å². The van der Waals surface area contributed by atoms with Crippen molar-refractivity contribution in [2.75, 3.05) is 13.7 Å². The van der Waals surface area contributed by atoms with Crippen molar-refractivity contribution in [3.05, 3.63) is 45.4 Å². The van der Waals surface area contributed by atoms with E-state index >= 15 is 0 Å². The topological polar surface area (TPSA) is 25.4 Å². The van der Waals surface area contributed by atoms with Crippen molar-refractivity contribution in [2.24, 2.45) is 0 Å². The van der Waals surface area contributed by atoms with Gasteiger partial charge in [-0.05, 0) is 31.2 Å². The van der Waals surface area contributed by atoms with E-state index in [1.165, 1.54) is 16.0 Å². The van der Waals surface area contributed by atoms with Crippen molar-refractivity contribution in [3.8, 4) is 5.75 Å². The third-order valence-corrected chi connectivity index (χ3v) is 4.38. The number of hydrogen-bond donors (Lipinski definition) is 0. The molecule has 3 rings (SSSR count). The van der Waals surface area contributed by atoms with Crippen LogP contribution in [0.4, 0.5) is 0 Å². The number of aromatic nitrogens is 1. The Morgan fingerprint density at radius 3 is 3.05 bits per heavy atom. The fourth-order valence-corrected chi connectivity index (χ4v) is 3.29. The highest BCUT2D eigenvalue weighted by Crippen LogP contribution is 2.26. The van der Waals surface area contributed by atoms with Crippen LogP contribution < -0.4 is 4.74 Å². The second-order valence-corrected chi connectivity index (χ2v) is 6.01. The zero-order valence-electron chi connectivity index (χ0n) is 11.3. The first-order valence-electron chi connectivity index (χ1n) is 6.54. The van der Waals surface area contributed by atoms with Crippen LogP contribution in [0.2, 0.25) is 0 Å². The highest BCUT2D eigenvalue weighted by atomic mass is 32.1. The maximum atomic E-state index is 5.54. The quantitative estimate of drug-likeness (QED) is 0.857. The molecule has 2 heterocycles. The number of hydrogen-bond acceptors (Lipinski definition) is 4. The van der Waals surface area contributed by atoms with Crippen molar-refractivity contribution >= 4 is 11.3 Å². The average Bonchev–Trinajstić information content (AvgIpc) is 2.98. The molecule has 0 radical (unpaired) electrons. The molecule has 0 atom stereocenters. The van der Waals surface area contributed by atoms with Gasteiger partial charge in [0.05, 0.1) is 17.8 Å². The van der Waals surface area contributed by atoms with E-state index in [1.54, 1.807) is 11.3 Å². The third kappa shape index (κ3) is 2.80. The number of fused-ring (bicyclic) bond motifs is 1. The maximum Gasteiger partial charge on any atom is 0.122 e. The van der Waals surface area contributed by atoms with Crippen LogP contribution >= 0.6 is 11.3 Å². The van der Waals surface area contributed by atoms with Gasteiger partial charge in [-0.3, -0.25) is 4.90 Å². The van der Waals surface area contributed by atoms with Gasteiger partial charge in [0, 0.05) is 24.4 Å². The fourth-order valence-electron chi connectivity index (χ4n) is 2.43. The van der Waals surface area contributed by atoms with Crippen molar-refractivity contribution in [1.82, 2.24) is 9.88 Å². The highest BCUT2D eigenvalue weighted by Gasteiger charge is 2.13. The fraction of sp³-hybridized carbons (Fsp3) is 0.400. The lowest BCUT2D eigenvalue weighted by Gasteiger charge is -2.16. The summed E-state index contributed by atoms with van der Waals surface area (Å²) in [6.07, 6.45) is 1.04. The van der Waals surface area contributed by atoms with Crippen LogP contribution in [0.5, 0.6) is 5.75 Å². The number of nitrogens with zero attached hydrogens (tertiary/aromatic N) is 2. The van der Waals surface area contributed by atoms with Crippen LogP contribution in [0.25, 0.3) is 0 Å². The average molecular weight is 274 g/mol. The van der Waals surface area contributed by atoms with E-state index in [0.717, 1.165) is 37.6 Å². The highest BCUT2D eigenvalue weighted by molar-refractivity contribution is 7.09. The third-order valence-electron chi connectivity index (χ3n) is 3.46. The molecule has 1 aromatic heterocycles. The molecule has 100 valence electrons. The Labute approximate surface area is 117 Å². The Balaban J connectivity index is 1.66. The van der Waals surface area contributed by atoms with Gasteiger partial charge in [-0.2, -0.15) is 0 Å². The van der Waals surface area contributed by atoms with E-state index in [-0.39, 0.29) is 0 Å². The summed E-state index contributed by atoms with van der Waals surface area (Å²) in [4.78, 5) is 7.98. The monoisotopic (exact) mass is 274 g/mol. The first-order chi connectivity index (χ1) is 9.22. The van der Waals surface area contributed by atoms with Gasteiger partial charge in [-0.1, -0.05) is 12.1 Å². The lowest BCUT2D eigenvalue weighted by Crippen LogP contribution is -2.17. The first kappa shape index (κ1) is 12.6. The number of aryl methyl sites for hydroxylation is 1. The Morgan fingerprint density at radius 1 is 1.37 bits per heavy atom. The molecule has 0 bridgehead atoms. The zero-order valence-corrected chi connectivity index (χ0v) is 12.2. The van der Waals surface area contributed by atoms with E-state index in [0.29, 0.717) is 0 Å². The van der Waals surface area contributed by atoms with E-state index in [4.69, 9.17) is 4.74 Å². The molecule has 0 saturated carbocycles. The summed E-state index contributed by atoms with van der Waals surface area (Å²) in [5, 5.41) is 0. The molecular formula is C15H18N2OS. The van der Waals surface area contributed by atoms with E-state index < -0.39 is 0 Å². The van der Waals surface area contributed by atoms with Crippen LogP contribution in [0, 0.1) is 6.92 Å². The summed E-state index contributed by atoms with van der Waals surface area (Å²) in [6, 6.07) is 6.54. The summed E-state index contributed by atoms with van der Waals surface area (Å²) in [7, 11) is 2.16. The van der Waals surface area contributed by atoms with Gasteiger partial charge in [0.2, 0.25) is 0 Å². The predicted octanol–water partition coefficient (Wildman–Crippen LogP) is 3.02. The number of thiazole rings is 1. The van der Waals surface area contributed by atoms with E-state index in [9.17, 15) is 0 Å². The zero-order chi connectivity index (χ0) is 13.2. The second-order valence-electron chi connectivity index (χ2n) is 5.07. The molecule has 4 heteroatoms. The Morgan fingerprint density at radius 2 is 2.26 bits per heavy atom. The molecule has 1 aromatic carbocycles. The summed E-state index contributed by atoms with van der Waals surface area (Å²) in [5.74, 6) is 1.06. The molecule has 0 amide bonds. The number of rotatable bonds is 4. The van der Waals surface area contributed by atoms with E-state index in [2.05, 4.69) is 42.1 Å². The molecule has 0 spiro atoms. The van der Waals surface area contributed by atoms with Gasteiger partial charge in [0.15, 0.2) is 0 Å². The lowest BCUT2D eigenvalue weighted by molar-refractivity contribution is 0.321. The van der Waals surface area contributed by atoms with Crippen LogP contribution in [-0.4, -0.2) is 23.5 Å². The summed E-state index contributed by atoms with van der Waals surface area (Å²) in [6.45, 7) is 4.83. The smallest absolute Gasteiger partial charge is 0.122 e. The van der Waals surface area contributed by atoms with Crippen molar-refractivity contribution in [3.63, 3.8) is 0 Å². The number of benzene rings is 1. The molecule has 0 fully saturated rings. The van der Waals surface area contributed by atoms with Crippen molar-refractivity contribution in [1.29, 1.82) is 0 Å². The minimum absolute atomic E-state index is 0.828. The lowest BCUT2D eigenvalue weighted by atomic mass is 10.1. The summed E-state index contributed by atoms with van der Waals surface area (Å²) in [5.41, 5.74) is 5.78. The van der Waals surface area contributed by atoms with Crippen LogP contribution in [-0.2, 0) is 19.5 Å². The standard InChI is InChI=1S/C15H18N2OS/c1-11-15(19-10-16-11)9-17(2)8-12-3-4-14-13(7-12)5-6-18-14/h3-4,7,10H,5-6,8-9H2,1-2H3. The minimum Gasteiger partial charge on any atom is -0.493 e. The van der Waals surface area contributed by atoms with Crippen molar-refractivity contribution < 1.29 is 4.74 Å². The van der Waals surface area contributed by atoms with Gasteiger partial charge in [0.25, 0.3) is 0 Å². The molecule has 19 heavy (non-hydrogen) atoms. The second kappa shape index (κ2) is 5.31. The van der Waals surface area contributed by atoms with Gasteiger partial charge < -0.3 is 4.74 Å². The van der Waals surface area contributed by atoms with Gasteiger partial charge in [0.1, 0.15) is 5.75 Å². The van der Waals surface area contributed by atoms with Gasteiger partial charge in [-0.15, -0.1) is 11.3 Å². The molecule has 2 aromatic rings. The molecule has 0 aliphatic carbocycles. The number of ether oxygens (including phenoxy) is 1. The molecule has 1 aliphatic rings. The SMILES string of the molecule is Cc1ncsc1CN(C)Cc1ccc2c(c1)CCO2. The minimum atomic E-state index is 0.828. The van der Waals surface area contributed by atoms with Gasteiger partial charge in [-0.25, -0.2) is 4.98 Å². The maximum absolute atomic E-state index is 5.54. The molecule has 1 aliphatic heterocycles. The summed E-state index contributed by atoms with van der Waals surface area (Å²) >= 11 is 1.74. The molecule has 0 N–H and O–H groups in total. The Kier molecular flexibility index (Phi) is 3.53. The normalized spacial score (nSPS) is 13.6. The predicted molar refractivity (Wildman–Crippen MR) is 77.7 cm³/mol. The Bertz CT molecular complexity index is 579. The Hall–Kier alpha value is -1.39. The van der Waals surface area contributed by atoms with Crippen molar-refractivity contribution in [2.45, 2.75) is 26.4 Å². The van der Waals surface area contributed by atoms with Crippen LogP contribution in [0.15, 0.2) is 23.7 Å². The van der Waals surface area contributed by atoms with Gasteiger partial charge >= 0.3 is 0 Å². The molecule has 0 unspecified atom stereocenters. The first-order valence-corrected chi connectivity index (χ1v) is 7.42. The summed E-state index contributed by atoms with van der Waals surface area (Å²) < 4.78 is 5.54.